The lowest BCUT2D eigenvalue weighted by Gasteiger charge is -2.21. The van der Waals surface area contributed by atoms with E-state index in [1.54, 1.807) is 0 Å². The summed E-state index contributed by atoms with van der Waals surface area (Å²) in [5.74, 6) is 0. The largest absolute Gasteiger partial charge is 0.456 e. The van der Waals surface area contributed by atoms with E-state index in [1.807, 2.05) is 0 Å². The molecule has 112 valence electrons. The molecule has 0 saturated heterocycles. The van der Waals surface area contributed by atoms with Gasteiger partial charge in [0.2, 0.25) is 0 Å². The van der Waals surface area contributed by atoms with E-state index in [9.17, 15) is 0 Å². The van der Waals surface area contributed by atoms with E-state index >= 15 is 0 Å². The van der Waals surface area contributed by atoms with Crippen LogP contribution in [0.15, 0.2) is 59.0 Å². The summed E-state index contributed by atoms with van der Waals surface area (Å²) in [5.41, 5.74) is 8.74. The molecule has 1 aliphatic rings. The molecule has 1 nitrogen and oxygen atoms in total. The van der Waals surface area contributed by atoms with Crippen molar-refractivity contribution in [3.8, 4) is 11.1 Å². The first-order chi connectivity index (χ1) is 11.1. The molecule has 1 aliphatic carbocycles. The van der Waals surface area contributed by atoms with Crippen LogP contribution < -0.4 is 0 Å². The van der Waals surface area contributed by atoms with E-state index in [4.69, 9.17) is 4.42 Å². The van der Waals surface area contributed by atoms with Crippen molar-refractivity contribution >= 4 is 21.9 Å². The first-order valence-corrected chi connectivity index (χ1v) is 8.13. The van der Waals surface area contributed by atoms with Crippen LogP contribution in [0.5, 0.6) is 0 Å². The van der Waals surface area contributed by atoms with Crippen LogP contribution in [0.3, 0.4) is 0 Å². The van der Waals surface area contributed by atoms with Gasteiger partial charge in [-0.1, -0.05) is 56.3 Å². The zero-order valence-electron chi connectivity index (χ0n) is 13.6. The van der Waals surface area contributed by atoms with Gasteiger partial charge >= 0.3 is 0 Å². The average molecular weight is 298 g/mol. The van der Waals surface area contributed by atoms with Gasteiger partial charge in [0.25, 0.3) is 0 Å². The number of hydrogen-bond acceptors (Lipinski definition) is 1. The molecule has 3 aromatic carbocycles. The Bertz CT molecular complexity index is 1100. The monoisotopic (exact) mass is 298 g/mol. The first kappa shape index (κ1) is 13.0. The Morgan fingerprint density at radius 2 is 1.65 bits per heavy atom. The number of fused-ring (bicyclic) bond motifs is 7. The molecule has 0 aliphatic heterocycles. The van der Waals surface area contributed by atoms with Gasteiger partial charge in [0.1, 0.15) is 11.2 Å². The van der Waals surface area contributed by atoms with Gasteiger partial charge < -0.3 is 4.42 Å². The van der Waals surface area contributed by atoms with Crippen molar-refractivity contribution in [2.75, 3.05) is 0 Å². The Hall–Kier alpha value is -2.54. The average Bonchev–Trinajstić information content (AvgIpc) is 3.01. The second-order valence-corrected chi connectivity index (χ2v) is 7.13. The van der Waals surface area contributed by atoms with Crippen molar-refractivity contribution in [1.82, 2.24) is 0 Å². The molecule has 0 fully saturated rings. The van der Waals surface area contributed by atoms with E-state index < -0.39 is 0 Å². The number of benzene rings is 3. The van der Waals surface area contributed by atoms with Crippen molar-refractivity contribution in [1.29, 1.82) is 0 Å². The molecule has 0 bridgehead atoms. The quantitative estimate of drug-likeness (QED) is 0.376. The van der Waals surface area contributed by atoms with Crippen LogP contribution in [0.25, 0.3) is 33.1 Å². The van der Waals surface area contributed by atoms with Crippen molar-refractivity contribution in [2.24, 2.45) is 0 Å². The molecule has 0 amide bonds. The van der Waals surface area contributed by atoms with Crippen LogP contribution in [0.4, 0.5) is 0 Å². The van der Waals surface area contributed by atoms with Gasteiger partial charge in [-0.2, -0.15) is 0 Å². The molecule has 1 heterocycles. The number of rotatable bonds is 0. The van der Waals surface area contributed by atoms with E-state index in [1.165, 1.54) is 38.6 Å². The Balaban J connectivity index is 2.03. The molecule has 0 atom stereocenters. The molecule has 23 heavy (non-hydrogen) atoms. The van der Waals surface area contributed by atoms with E-state index in [-0.39, 0.29) is 5.41 Å². The fourth-order valence-electron chi connectivity index (χ4n) is 4.17. The van der Waals surface area contributed by atoms with Gasteiger partial charge in [-0.25, -0.2) is 0 Å². The predicted molar refractivity (Wildman–Crippen MR) is 96.0 cm³/mol. The standard InChI is InChI=1S/C22H18O/c1-13-8-9-15-19(12-13)23-18-11-10-17-20(21(15)18)14-6-4-5-7-16(14)22(17,2)3/h4-12H,1-3H3. The predicted octanol–water partition coefficient (Wildman–Crippen LogP) is 6.20. The van der Waals surface area contributed by atoms with Crippen LogP contribution >= 0.6 is 0 Å². The van der Waals surface area contributed by atoms with Gasteiger partial charge in [0, 0.05) is 16.2 Å². The van der Waals surface area contributed by atoms with Gasteiger partial charge in [0.15, 0.2) is 0 Å². The Labute approximate surface area is 135 Å². The van der Waals surface area contributed by atoms with Gasteiger partial charge in [-0.3, -0.25) is 0 Å². The summed E-state index contributed by atoms with van der Waals surface area (Å²) in [7, 11) is 0. The molecule has 4 aromatic rings. The maximum absolute atomic E-state index is 6.14. The van der Waals surface area contributed by atoms with Crippen LogP contribution in [-0.2, 0) is 5.41 Å². The van der Waals surface area contributed by atoms with Gasteiger partial charge in [-0.05, 0) is 46.9 Å². The lowest BCUT2D eigenvalue weighted by atomic mass is 9.82. The lowest BCUT2D eigenvalue weighted by molar-refractivity contribution is 0.656. The van der Waals surface area contributed by atoms with E-state index in [2.05, 4.69) is 75.4 Å². The molecular weight excluding hydrogens is 280 g/mol. The SMILES string of the molecule is Cc1ccc2c(c1)oc1ccc3c(c12)-c1ccccc1C3(C)C. The third-order valence-corrected chi connectivity index (χ3v) is 5.34. The zero-order valence-corrected chi connectivity index (χ0v) is 13.6. The van der Waals surface area contributed by atoms with Crippen molar-refractivity contribution in [3.63, 3.8) is 0 Å². The Morgan fingerprint density at radius 3 is 2.52 bits per heavy atom. The minimum absolute atomic E-state index is 0.0361. The summed E-state index contributed by atoms with van der Waals surface area (Å²) in [4.78, 5) is 0. The van der Waals surface area contributed by atoms with Crippen molar-refractivity contribution in [2.45, 2.75) is 26.2 Å². The lowest BCUT2D eigenvalue weighted by Crippen LogP contribution is -2.14. The van der Waals surface area contributed by atoms with Crippen molar-refractivity contribution < 1.29 is 4.42 Å². The molecule has 0 N–H and O–H groups in total. The fraction of sp³-hybridized carbons (Fsp3) is 0.182. The minimum Gasteiger partial charge on any atom is -0.456 e. The van der Waals surface area contributed by atoms with Crippen LogP contribution in [0.2, 0.25) is 0 Å². The summed E-state index contributed by atoms with van der Waals surface area (Å²) in [6.45, 7) is 6.74. The highest BCUT2D eigenvalue weighted by molar-refractivity contribution is 6.14. The van der Waals surface area contributed by atoms with Gasteiger partial charge in [0.05, 0.1) is 0 Å². The summed E-state index contributed by atoms with van der Waals surface area (Å²) >= 11 is 0. The van der Waals surface area contributed by atoms with E-state index in [0.29, 0.717) is 0 Å². The zero-order chi connectivity index (χ0) is 15.8. The third kappa shape index (κ3) is 1.52. The Morgan fingerprint density at radius 1 is 0.826 bits per heavy atom. The summed E-state index contributed by atoms with van der Waals surface area (Å²) in [6, 6.07) is 19.7. The smallest absolute Gasteiger partial charge is 0.136 e. The second-order valence-electron chi connectivity index (χ2n) is 7.13. The summed E-state index contributed by atoms with van der Waals surface area (Å²) < 4.78 is 6.14. The fourth-order valence-corrected chi connectivity index (χ4v) is 4.17. The topological polar surface area (TPSA) is 13.1 Å². The number of furan rings is 1. The molecule has 1 heteroatoms. The number of aryl methyl sites for hydroxylation is 1. The van der Waals surface area contributed by atoms with Crippen LogP contribution in [0, 0.1) is 6.92 Å². The van der Waals surface area contributed by atoms with Crippen LogP contribution in [-0.4, -0.2) is 0 Å². The first-order valence-electron chi connectivity index (χ1n) is 8.13. The third-order valence-electron chi connectivity index (χ3n) is 5.34. The normalized spacial score (nSPS) is 15.1. The second kappa shape index (κ2) is 4.05. The summed E-state index contributed by atoms with van der Waals surface area (Å²) in [6.07, 6.45) is 0. The molecule has 0 saturated carbocycles. The van der Waals surface area contributed by atoms with Crippen LogP contribution in [0.1, 0.15) is 30.5 Å². The minimum atomic E-state index is 0.0361. The maximum atomic E-state index is 6.14. The maximum Gasteiger partial charge on any atom is 0.136 e. The Kier molecular flexibility index (Phi) is 2.28. The number of hydrogen-bond donors (Lipinski definition) is 0. The highest BCUT2D eigenvalue weighted by Gasteiger charge is 2.36. The van der Waals surface area contributed by atoms with E-state index in [0.717, 1.165) is 11.2 Å². The molecular formula is C22H18O. The molecule has 0 unspecified atom stereocenters. The summed E-state index contributed by atoms with van der Waals surface area (Å²) in [5, 5.41) is 2.48. The highest BCUT2D eigenvalue weighted by Crippen LogP contribution is 2.52. The highest BCUT2D eigenvalue weighted by atomic mass is 16.3. The molecule has 0 spiro atoms. The molecule has 5 rings (SSSR count). The molecule has 1 aromatic heterocycles. The van der Waals surface area contributed by atoms with Gasteiger partial charge in [-0.15, -0.1) is 0 Å². The molecule has 0 radical (unpaired) electrons. The van der Waals surface area contributed by atoms with Crippen molar-refractivity contribution in [3.05, 3.63) is 71.3 Å².